The summed E-state index contributed by atoms with van der Waals surface area (Å²) < 4.78 is 20.5. The lowest BCUT2D eigenvalue weighted by atomic mass is 9.99. The fourth-order valence-corrected chi connectivity index (χ4v) is 6.21. The van der Waals surface area contributed by atoms with Crippen molar-refractivity contribution in [2.75, 3.05) is 37.8 Å². The van der Waals surface area contributed by atoms with Gasteiger partial charge in [-0.2, -0.15) is 10.6 Å². The van der Waals surface area contributed by atoms with Gasteiger partial charge in [-0.1, -0.05) is 35.4 Å². The summed E-state index contributed by atoms with van der Waals surface area (Å²) in [7, 11) is -1.36. The van der Waals surface area contributed by atoms with Gasteiger partial charge in [0.1, 0.15) is 5.75 Å². The first-order valence-corrected chi connectivity index (χ1v) is 13.2. The summed E-state index contributed by atoms with van der Waals surface area (Å²) >= 11 is 0. The number of anilines is 1. The number of likely N-dealkylation sites (tertiary alicyclic amines) is 1. The highest BCUT2D eigenvalue weighted by atomic mass is 32.3. The third kappa shape index (κ3) is 5.45. The van der Waals surface area contributed by atoms with E-state index in [0.717, 1.165) is 29.7 Å². The molecule has 4 rings (SSSR count). The fourth-order valence-electron chi connectivity index (χ4n) is 4.87. The van der Waals surface area contributed by atoms with E-state index < -0.39 is 16.5 Å². The maximum atomic E-state index is 13.4. The van der Waals surface area contributed by atoms with Gasteiger partial charge in [0, 0.05) is 26.7 Å². The van der Waals surface area contributed by atoms with Crippen LogP contribution in [0.25, 0.3) is 0 Å². The molecule has 1 fully saturated rings. The molecule has 2 heterocycles. The second-order valence-corrected chi connectivity index (χ2v) is 11.6. The number of hydrogen-bond donors (Lipinski definition) is 4. The van der Waals surface area contributed by atoms with Gasteiger partial charge < -0.3 is 15.3 Å². The summed E-state index contributed by atoms with van der Waals surface area (Å²) in [5.41, 5.74) is 4.35. The van der Waals surface area contributed by atoms with Crippen molar-refractivity contribution in [3.8, 4) is 0 Å². The van der Waals surface area contributed by atoms with Crippen LogP contribution in [0.5, 0.6) is 0 Å². The van der Waals surface area contributed by atoms with E-state index in [2.05, 4.69) is 28.4 Å². The van der Waals surface area contributed by atoms with E-state index in [0.29, 0.717) is 29.2 Å². The Morgan fingerprint density at radius 2 is 1.91 bits per heavy atom. The van der Waals surface area contributed by atoms with Gasteiger partial charge in [-0.3, -0.25) is 23.6 Å². The Morgan fingerprint density at radius 1 is 1.21 bits per heavy atom. The second kappa shape index (κ2) is 9.67. The summed E-state index contributed by atoms with van der Waals surface area (Å²) in [5, 5.41) is 12.7. The number of nitrogens with zero attached hydrogens (tertiary/aromatic N) is 2. The first kappa shape index (κ1) is 24.7. The normalized spacial score (nSPS) is 21.5. The molecule has 1 saturated heterocycles. The number of rotatable bonds is 6. The van der Waals surface area contributed by atoms with E-state index in [1.807, 2.05) is 13.8 Å². The number of carbonyl (C=O) groups is 2. The minimum atomic E-state index is -3.16. The first-order chi connectivity index (χ1) is 16.0. The number of amides is 2. The number of carbonyl (C=O) groups excluding carboxylic acids is 2. The molecule has 0 unspecified atom stereocenters. The number of aliphatic hydroxyl groups is 1. The number of likely N-dealkylation sites (N-methyl/N-ethyl adjacent to an activating group) is 1. The highest BCUT2D eigenvalue weighted by Gasteiger charge is 2.31. The highest BCUT2D eigenvalue weighted by molar-refractivity contribution is 8.25. The topological polar surface area (TPSA) is 113 Å². The highest BCUT2D eigenvalue weighted by Crippen LogP contribution is 2.53. The van der Waals surface area contributed by atoms with Crippen molar-refractivity contribution in [3.05, 3.63) is 58.7 Å². The Hall–Kier alpha value is -2.43. The standard InChI is InChI=1S/C25H33N3O5S/c1-16-8-17(2)10-19(9-16)22(14-28-7-6-20(29)13-28)27(3)25(31)12-18-4-5-23-21(11-18)26-24(30)15-34(23,32)33/h4-5,8-11,20,22,29,32-33H,6-7,12-15H2,1-3H3,(H,26,30)/t20-,22+/m0/s1. The van der Waals surface area contributed by atoms with Crippen LogP contribution < -0.4 is 5.32 Å². The van der Waals surface area contributed by atoms with Crippen molar-refractivity contribution in [2.24, 2.45) is 0 Å². The van der Waals surface area contributed by atoms with Crippen LogP contribution in [0.2, 0.25) is 0 Å². The van der Waals surface area contributed by atoms with Gasteiger partial charge >= 0.3 is 0 Å². The molecule has 34 heavy (non-hydrogen) atoms. The molecule has 2 aromatic carbocycles. The molecule has 184 valence electrons. The van der Waals surface area contributed by atoms with Crippen molar-refractivity contribution < 1.29 is 23.8 Å². The summed E-state index contributed by atoms with van der Waals surface area (Å²) in [4.78, 5) is 29.5. The molecular weight excluding hydrogens is 454 g/mol. The van der Waals surface area contributed by atoms with Gasteiger partial charge in [0.05, 0.1) is 29.1 Å². The molecule has 0 saturated carbocycles. The van der Waals surface area contributed by atoms with Gasteiger partial charge in [0.25, 0.3) is 0 Å². The average Bonchev–Trinajstić information content (AvgIpc) is 3.14. The van der Waals surface area contributed by atoms with Crippen LogP contribution in [0.15, 0.2) is 41.3 Å². The summed E-state index contributed by atoms with van der Waals surface area (Å²) in [5.74, 6) is -0.877. The zero-order valence-electron chi connectivity index (χ0n) is 19.8. The molecule has 0 spiro atoms. The van der Waals surface area contributed by atoms with Crippen molar-refractivity contribution in [2.45, 2.75) is 43.7 Å². The number of nitrogens with one attached hydrogen (secondary N) is 1. The third-order valence-electron chi connectivity index (χ3n) is 6.53. The zero-order chi connectivity index (χ0) is 24.6. The van der Waals surface area contributed by atoms with E-state index in [9.17, 15) is 23.8 Å². The quantitative estimate of drug-likeness (QED) is 0.498. The molecule has 2 amide bonds. The fraction of sp³-hybridized carbons (Fsp3) is 0.440. The predicted molar refractivity (Wildman–Crippen MR) is 133 cm³/mol. The summed E-state index contributed by atoms with van der Waals surface area (Å²) in [6.45, 7) is 6.10. The van der Waals surface area contributed by atoms with Gasteiger partial charge in [0.2, 0.25) is 11.8 Å². The maximum Gasteiger partial charge on any atom is 0.244 e. The van der Waals surface area contributed by atoms with Crippen molar-refractivity contribution in [1.82, 2.24) is 9.80 Å². The average molecular weight is 488 g/mol. The van der Waals surface area contributed by atoms with E-state index in [-0.39, 0.29) is 30.2 Å². The zero-order valence-corrected chi connectivity index (χ0v) is 20.6. The molecule has 0 aromatic heterocycles. The van der Waals surface area contributed by atoms with Gasteiger partial charge in [-0.15, -0.1) is 0 Å². The molecular formula is C25H33N3O5S. The van der Waals surface area contributed by atoms with Crippen LogP contribution in [-0.4, -0.2) is 74.4 Å². The van der Waals surface area contributed by atoms with E-state index in [1.165, 1.54) is 0 Å². The Kier molecular flexibility index (Phi) is 7.02. The van der Waals surface area contributed by atoms with E-state index in [1.54, 1.807) is 30.1 Å². The van der Waals surface area contributed by atoms with Gasteiger partial charge in [0.15, 0.2) is 0 Å². The van der Waals surface area contributed by atoms with Crippen molar-refractivity contribution in [3.63, 3.8) is 0 Å². The molecule has 2 aliphatic heterocycles. The lowest BCUT2D eigenvalue weighted by Crippen LogP contribution is -2.39. The van der Waals surface area contributed by atoms with Crippen LogP contribution >= 0.6 is 10.6 Å². The Bertz CT molecular complexity index is 1090. The predicted octanol–water partition coefficient (Wildman–Crippen LogP) is 3.17. The SMILES string of the molecule is Cc1cc(C)cc([C@@H](CN2CC[C@H](O)C2)N(C)C(=O)Cc2ccc3c(c2)NC(=O)CS3(O)O)c1. The number of hydrogen-bond acceptors (Lipinski definition) is 6. The monoisotopic (exact) mass is 487 g/mol. The molecule has 4 N–H and O–H groups in total. The Balaban J connectivity index is 1.56. The van der Waals surface area contributed by atoms with Crippen LogP contribution in [0, 0.1) is 13.8 Å². The summed E-state index contributed by atoms with van der Waals surface area (Å²) in [6, 6.07) is 11.1. The number of fused-ring (bicyclic) bond motifs is 1. The van der Waals surface area contributed by atoms with Crippen LogP contribution in [0.3, 0.4) is 0 Å². The van der Waals surface area contributed by atoms with Gasteiger partial charge in [-0.05, 0) is 43.5 Å². The minimum absolute atomic E-state index is 0.0856. The summed E-state index contributed by atoms with van der Waals surface area (Å²) in [6.07, 6.45) is 0.513. The van der Waals surface area contributed by atoms with Crippen LogP contribution in [0.1, 0.15) is 34.7 Å². The van der Waals surface area contributed by atoms with Crippen molar-refractivity contribution >= 4 is 28.1 Å². The number of aryl methyl sites for hydroxylation is 2. The largest absolute Gasteiger partial charge is 0.392 e. The molecule has 2 aromatic rings. The molecule has 0 radical (unpaired) electrons. The molecule has 9 heteroatoms. The van der Waals surface area contributed by atoms with E-state index >= 15 is 0 Å². The molecule has 8 nitrogen and oxygen atoms in total. The molecule has 2 atom stereocenters. The lowest BCUT2D eigenvalue weighted by molar-refractivity contribution is -0.131. The van der Waals surface area contributed by atoms with Crippen molar-refractivity contribution in [1.29, 1.82) is 0 Å². The Morgan fingerprint density at radius 3 is 2.56 bits per heavy atom. The molecule has 2 aliphatic rings. The van der Waals surface area contributed by atoms with Crippen LogP contribution in [-0.2, 0) is 16.0 Å². The minimum Gasteiger partial charge on any atom is -0.392 e. The van der Waals surface area contributed by atoms with Crippen LogP contribution in [0.4, 0.5) is 5.69 Å². The second-order valence-electron chi connectivity index (χ2n) is 9.51. The third-order valence-corrected chi connectivity index (χ3v) is 8.25. The van der Waals surface area contributed by atoms with E-state index in [4.69, 9.17) is 0 Å². The smallest absolute Gasteiger partial charge is 0.244 e. The maximum absolute atomic E-state index is 13.4. The molecule has 0 aliphatic carbocycles. The Labute approximate surface area is 201 Å². The molecule has 0 bridgehead atoms. The lowest BCUT2D eigenvalue weighted by Gasteiger charge is -2.37. The number of benzene rings is 2. The first-order valence-electron chi connectivity index (χ1n) is 11.4. The number of β-amino-alcohol motifs (C(OH)–C–C–N with tert-alkyl or cyclic N) is 1. The van der Waals surface area contributed by atoms with Gasteiger partial charge in [-0.25, -0.2) is 0 Å². The number of aliphatic hydroxyl groups excluding tert-OH is 1.